The number of tetrazole rings is 2. The van der Waals surface area contributed by atoms with Gasteiger partial charge >= 0.3 is 0 Å². The highest BCUT2D eigenvalue weighted by Crippen LogP contribution is 2.40. The number of rotatable bonds is 10. The Bertz CT molecular complexity index is 3420. The van der Waals surface area contributed by atoms with Crippen LogP contribution in [0.1, 0.15) is 50.9 Å². The van der Waals surface area contributed by atoms with Gasteiger partial charge in [-0.3, -0.25) is 19.6 Å². The summed E-state index contributed by atoms with van der Waals surface area (Å²) in [5.41, 5.74) is 14.0. The lowest BCUT2D eigenvalue weighted by molar-refractivity contribution is 0.0809. The Hall–Kier alpha value is -9.61. The molecule has 364 valence electrons. The van der Waals surface area contributed by atoms with Crippen molar-refractivity contribution in [3.05, 3.63) is 147 Å². The Morgan fingerprint density at radius 1 is 0.667 bits per heavy atom. The van der Waals surface area contributed by atoms with Crippen molar-refractivity contribution >= 4 is 63.4 Å². The fourth-order valence-corrected chi connectivity index (χ4v) is 7.86. The minimum absolute atomic E-state index is 0. The summed E-state index contributed by atoms with van der Waals surface area (Å²) in [7, 11) is 9.98. The third-order valence-electron chi connectivity index (χ3n) is 10.8. The van der Waals surface area contributed by atoms with E-state index in [2.05, 4.69) is 66.1 Å². The summed E-state index contributed by atoms with van der Waals surface area (Å²) in [4.78, 5) is 55.2. The Morgan fingerprint density at radius 3 is 1.64 bits per heavy atom. The molecule has 0 saturated carbocycles. The number of aryl methyl sites for hydroxylation is 2. The minimum Gasteiger partial charge on any atom is -0.494 e. The molecule has 2 amide bonds. The average Bonchev–Trinajstić information content (AvgIpc) is 4.14. The number of anilines is 5. The van der Waals surface area contributed by atoms with Gasteiger partial charge in [0, 0.05) is 44.3 Å². The van der Waals surface area contributed by atoms with E-state index in [0.717, 1.165) is 11.4 Å². The van der Waals surface area contributed by atoms with Gasteiger partial charge in [-0.25, -0.2) is 19.7 Å². The van der Waals surface area contributed by atoms with Gasteiger partial charge in [-0.05, 0) is 71.1 Å². The molecule has 23 nitrogen and oxygen atoms in total. The summed E-state index contributed by atoms with van der Waals surface area (Å²) in [5.74, 6) is 2.09. The zero-order valence-corrected chi connectivity index (χ0v) is 39.7. The first-order valence-electron chi connectivity index (χ1n) is 21.3. The predicted molar refractivity (Wildman–Crippen MR) is 268 cm³/mol. The third-order valence-corrected chi connectivity index (χ3v) is 11.0. The molecule has 4 N–H and O–H groups in total. The number of nitrogens with one attached hydrogen (secondary N) is 2. The normalized spacial score (nSPS) is 12.0. The maximum absolute atomic E-state index is 12.9. The molecule has 0 unspecified atom stereocenters. The molecule has 6 aromatic heterocycles. The van der Waals surface area contributed by atoms with Crippen LogP contribution in [-0.4, -0.2) is 110 Å². The maximum Gasteiger partial charge on any atom is 0.257 e. The van der Waals surface area contributed by atoms with Gasteiger partial charge in [0.05, 0.1) is 111 Å². The van der Waals surface area contributed by atoms with E-state index in [4.69, 9.17) is 44.9 Å². The van der Waals surface area contributed by atoms with E-state index in [-0.39, 0.29) is 19.2 Å². The van der Waals surface area contributed by atoms with Gasteiger partial charge in [-0.1, -0.05) is 31.2 Å². The first-order valence-corrected chi connectivity index (χ1v) is 21.7. The van der Waals surface area contributed by atoms with Crippen LogP contribution >= 0.6 is 11.6 Å². The number of carbonyl (C=O) groups excluding carboxylic acids is 2. The number of para-hydroxylation sites is 2. The van der Waals surface area contributed by atoms with Crippen LogP contribution in [0.25, 0.3) is 32.5 Å². The minimum atomic E-state index is -0.111. The van der Waals surface area contributed by atoms with Gasteiger partial charge in [0.25, 0.3) is 11.8 Å². The number of ether oxygens (including phenoxy) is 2. The molecule has 8 aromatic rings. The number of carbonyl (C=O) groups is 2. The van der Waals surface area contributed by atoms with Crippen LogP contribution in [-0.2, 0) is 33.6 Å². The van der Waals surface area contributed by atoms with E-state index in [1.165, 1.54) is 21.9 Å². The van der Waals surface area contributed by atoms with Crippen LogP contribution in [0.15, 0.2) is 85.2 Å². The Balaban J connectivity index is 0.000000182. The predicted octanol–water partition coefficient (Wildman–Crippen LogP) is 7.26. The van der Waals surface area contributed by atoms with Crippen LogP contribution < -0.4 is 25.8 Å². The second-order valence-corrected chi connectivity index (χ2v) is 16.1. The highest BCUT2D eigenvalue weighted by atomic mass is 35.5. The number of methoxy groups -OCH3 is 2. The Kier molecular flexibility index (Phi) is 15.2. The molecular weight excluding hydrogens is 942 g/mol. The Labute approximate surface area is 418 Å². The second-order valence-electron chi connectivity index (χ2n) is 15.7. The molecular formula is C48H46ClN19O4. The largest absolute Gasteiger partial charge is 0.494 e. The van der Waals surface area contributed by atoms with E-state index in [1.54, 1.807) is 82.7 Å². The highest BCUT2D eigenvalue weighted by molar-refractivity contribution is 6.30. The molecule has 0 fully saturated rings. The van der Waals surface area contributed by atoms with Crippen LogP contribution in [0, 0.1) is 13.1 Å². The first-order chi connectivity index (χ1) is 34.3. The SMILES string of the molecule is C.COc1c(Nc2cc(Cl)nc3c2C(=O)N(C)C3)cccc1-c1nnn(C)n1.[C-]#[N+]c1ccnc(Cc2cc(Nc3cccc(-c4nnn(C)n4)c3OC)c3c(n2)CN(C)C3=O)c1.[C-]#[N+]c1ccnc(N)c1. The summed E-state index contributed by atoms with van der Waals surface area (Å²) in [5, 5.41) is 31.3. The van der Waals surface area contributed by atoms with E-state index in [0.29, 0.717) is 121 Å². The maximum atomic E-state index is 12.9. The van der Waals surface area contributed by atoms with E-state index in [1.807, 2.05) is 42.5 Å². The second kappa shape index (κ2) is 21.8. The van der Waals surface area contributed by atoms with Crippen LogP contribution in [0.5, 0.6) is 11.5 Å². The van der Waals surface area contributed by atoms with Crippen LogP contribution in [0.2, 0.25) is 5.15 Å². The van der Waals surface area contributed by atoms with Crippen molar-refractivity contribution in [3.63, 3.8) is 0 Å². The van der Waals surface area contributed by atoms with Crippen LogP contribution in [0.3, 0.4) is 0 Å². The zero-order valence-electron chi connectivity index (χ0n) is 38.9. The number of fused-ring (bicyclic) bond motifs is 2. The third kappa shape index (κ3) is 10.8. The summed E-state index contributed by atoms with van der Waals surface area (Å²) in [6, 6.07) is 21.1. The fraction of sp³-hybridized carbons (Fsp3) is 0.208. The van der Waals surface area contributed by atoms with Gasteiger partial charge in [-0.15, -0.1) is 20.4 Å². The number of halogens is 1. The molecule has 0 radical (unpaired) electrons. The first kappa shape index (κ1) is 50.3. The zero-order chi connectivity index (χ0) is 50.3. The fourth-order valence-electron chi connectivity index (χ4n) is 7.65. The van der Waals surface area contributed by atoms with Crippen molar-refractivity contribution in [2.24, 2.45) is 14.1 Å². The van der Waals surface area contributed by atoms with Gasteiger partial charge in [0.2, 0.25) is 11.6 Å². The van der Waals surface area contributed by atoms with Crippen molar-refractivity contribution < 1.29 is 19.1 Å². The highest BCUT2D eigenvalue weighted by Gasteiger charge is 2.32. The average molecular weight is 988 g/mol. The van der Waals surface area contributed by atoms with Crippen LogP contribution in [0.4, 0.5) is 39.9 Å². The van der Waals surface area contributed by atoms with Crippen molar-refractivity contribution in [1.82, 2.24) is 70.2 Å². The van der Waals surface area contributed by atoms with Gasteiger partial charge in [-0.2, -0.15) is 9.59 Å². The smallest absolute Gasteiger partial charge is 0.257 e. The molecule has 0 saturated heterocycles. The molecule has 0 aliphatic carbocycles. The summed E-state index contributed by atoms with van der Waals surface area (Å²) >= 11 is 6.15. The van der Waals surface area contributed by atoms with Crippen molar-refractivity contribution in [2.75, 3.05) is 44.7 Å². The summed E-state index contributed by atoms with van der Waals surface area (Å²) < 4.78 is 11.3. The van der Waals surface area contributed by atoms with E-state index < -0.39 is 0 Å². The standard InChI is InChI=1S/C24H21N9O2.C17H16ClN7O2.C6H5N3.CH4/c1-25-14-8-9-26-15(10-14)11-16-12-19(21-20(27-16)13-32(2)24(21)34)28-18-7-5-6-17(22(18)35-4)23-29-31-33(3)30-23;1-24-8-12-14(17(24)26)11(7-13(18)20-12)19-10-6-4-5-9(15(10)27-3)16-21-23-25(2)22-16;1-8-5-2-3-9-6(7)4-5;/h5-10,12H,11,13H2,2-4H3,(H,27,28);4-7H,8H2,1-3H3,(H,19,20);2-4H,(H2,7,9);1H4. The molecule has 24 heteroatoms. The number of nitrogens with zero attached hydrogens (tertiary/aromatic N) is 16. The Morgan fingerprint density at radius 2 is 1.17 bits per heavy atom. The number of nitrogens with two attached hydrogens (primary N) is 1. The van der Waals surface area contributed by atoms with Gasteiger partial charge in [0.15, 0.2) is 22.9 Å². The molecule has 0 atom stereocenters. The number of amides is 2. The molecule has 2 aliphatic rings. The monoisotopic (exact) mass is 987 g/mol. The number of hydrogen-bond acceptors (Lipinski definition) is 17. The molecule has 72 heavy (non-hydrogen) atoms. The summed E-state index contributed by atoms with van der Waals surface area (Å²) in [6.45, 7) is 14.7. The lowest BCUT2D eigenvalue weighted by atomic mass is 10.1. The van der Waals surface area contributed by atoms with E-state index >= 15 is 0 Å². The molecule has 2 aromatic carbocycles. The number of aromatic nitrogens is 12. The lowest BCUT2D eigenvalue weighted by Crippen LogP contribution is -2.18. The number of hydrogen-bond donors (Lipinski definition) is 3. The van der Waals surface area contributed by atoms with Crippen molar-refractivity contribution in [2.45, 2.75) is 26.9 Å². The molecule has 2 aliphatic heterocycles. The van der Waals surface area contributed by atoms with Gasteiger partial charge in [0.1, 0.15) is 11.0 Å². The lowest BCUT2D eigenvalue weighted by Gasteiger charge is -2.16. The van der Waals surface area contributed by atoms with Gasteiger partial charge < -0.3 is 35.6 Å². The molecule has 10 rings (SSSR count). The van der Waals surface area contributed by atoms with E-state index in [9.17, 15) is 9.59 Å². The molecule has 0 bridgehead atoms. The number of pyridine rings is 4. The summed E-state index contributed by atoms with van der Waals surface area (Å²) in [6.07, 6.45) is 3.55. The van der Waals surface area contributed by atoms with Crippen molar-refractivity contribution in [3.8, 4) is 34.3 Å². The number of nitrogen functional groups attached to an aromatic ring is 1. The number of benzene rings is 2. The molecule has 0 spiro atoms. The van der Waals surface area contributed by atoms with Crippen molar-refractivity contribution in [1.29, 1.82) is 0 Å². The molecule has 8 heterocycles. The topological polar surface area (TPSA) is 257 Å². The quantitative estimate of drug-likeness (QED) is 0.0900.